The van der Waals surface area contributed by atoms with E-state index in [1.54, 1.807) is 30.0 Å². The zero-order chi connectivity index (χ0) is 19.3. The van der Waals surface area contributed by atoms with Gasteiger partial charge in [0.15, 0.2) is 11.2 Å². The van der Waals surface area contributed by atoms with Crippen LogP contribution < -0.4 is 5.43 Å². The summed E-state index contributed by atoms with van der Waals surface area (Å²) in [4.78, 5) is 27.3. The van der Waals surface area contributed by atoms with E-state index < -0.39 is 0 Å². The van der Waals surface area contributed by atoms with Crippen molar-refractivity contribution in [2.45, 2.75) is 29.9 Å². The molecule has 0 bridgehead atoms. The van der Waals surface area contributed by atoms with Crippen LogP contribution in [0.4, 0.5) is 0 Å². The van der Waals surface area contributed by atoms with Crippen LogP contribution in [-0.4, -0.2) is 11.0 Å². The molecule has 0 amide bonds. The number of halogens is 2. The normalized spacial score (nSPS) is 20.5. The summed E-state index contributed by atoms with van der Waals surface area (Å²) in [5.41, 5.74) is 1.29. The van der Waals surface area contributed by atoms with E-state index in [1.165, 1.54) is 11.3 Å². The fourth-order valence-corrected chi connectivity index (χ4v) is 6.41. The average molecular weight is 435 g/mol. The van der Waals surface area contributed by atoms with Crippen LogP contribution in [0, 0.1) is 5.92 Å². The third-order valence-corrected chi connectivity index (χ3v) is 7.85. The lowest BCUT2D eigenvalue weighted by atomic mass is 9.80. The van der Waals surface area contributed by atoms with Gasteiger partial charge in [0.2, 0.25) is 0 Å². The molecule has 0 aliphatic carbocycles. The van der Waals surface area contributed by atoms with Crippen molar-refractivity contribution in [3.63, 3.8) is 0 Å². The van der Waals surface area contributed by atoms with Crippen molar-refractivity contribution in [3.8, 4) is 0 Å². The molecule has 0 spiro atoms. The molecular formula is C21H16Cl2O2S2. The van der Waals surface area contributed by atoms with Gasteiger partial charge < -0.3 is 0 Å². The van der Waals surface area contributed by atoms with Crippen LogP contribution in [0.25, 0.3) is 10.1 Å². The third-order valence-electron chi connectivity index (χ3n) is 5.12. The molecule has 138 valence electrons. The van der Waals surface area contributed by atoms with Crippen molar-refractivity contribution in [3.05, 3.63) is 73.2 Å². The Morgan fingerprint density at radius 3 is 2.52 bits per heavy atom. The van der Waals surface area contributed by atoms with Gasteiger partial charge in [-0.05, 0) is 47.7 Å². The molecule has 0 saturated carbocycles. The van der Waals surface area contributed by atoms with E-state index in [9.17, 15) is 9.59 Å². The monoisotopic (exact) mass is 434 g/mol. The average Bonchev–Trinajstić information content (AvgIpc) is 2.63. The molecule has 27 heavy (non-hydrogen) atoms. The molecule has 0 N–H and O–H groups in total. The van der Waals surface area contributed by atoms with E-state index in [1.807, 2.05) is 37.4 Å². The molecule has 1 aliphatic heterocycles. The van der Waals surface area contributed by atoms with Crippen LogP contribution in [0.2, 0.25) is 10.0 Å². The highest BCUT2D eigenvalue weighted by Gasteiger charge is 2.38. The lowest BCUT2D eigenvalue weighted by Crippen LogP contribution is -2.34. The molecule has 1 aliphatic rings. The minimum absolute atomic E-state index is 0.0411. The van der Waals surface area contributed by atoms with Gasteiger partial charge in [0.25, 0.3) is 0 Å². The van der Waals surface area contributed by atoms with Crippen molar-refractivity contribution in [1.29, 1.82) is 0 Å². The Morgan fingerprint density at radius 1 is 1.04 bits per heavy atom. The Morgan fingerprint density at radius 2 is 1.74 bits per heavy atom. The highest BCUT2D eigenvalue weighted by atomic mass is 35.5. The third kappa shape index (κ3) is 3.33. The first-order valence-electron chi connectivity index (χ1n) is 8.58. The van der Waals surface area contributed by atoms with E-state index in [0.29, 0.717) is 26.6 Å². The second-order valence-electron chi connectivity index (χ2n) is 6.80. The molecule has 1 unspecified atom stereocenters. The number of hydrogen-bond acceptors (Lipinski definition) is 4. The van der Waals surface area contributed by atoms with Crippen molar-refractivity contribution < 1.29 is 4.79 Å². The second kappa shape index (κ2) is 7.25. The molecule has 2 heterocycles. The van der Waals surface area contributed by atoms with Gasteiger partial charge in [-0.3, -0.25) is 9.59 Å². The second-order valence-corrected chi connectivity index (χ2v) is 10.0. The van der Waals surface area contributed by atoms with Crippen LogP contribution in [-0.2, 0) is 0 Å². The number of fused-ring (bicyclic) bond motifs is 2. The van der Waals surface area contributed by atoms with Crippen LogP contribution in [0.1, 0.15) is 35.7 Å². The Balaban J connectivity index is 1.80. The van der Waals surface area contributed by atoms with Crippen LogP contribution in [0.3, 0.4) is 0 Å². The Hall–Kier alpha value is -1.33. The van der Waals surface area contributed by atoms with Gasteiger partial charge in [-0.25, -0.2) is 0 Å². The maximum absolute atomic E-state index is 13.2. The number of carbonyl (C=O) groups excluding carboxylic acids is 1. The summed E-state index contributed by atoms with van der Waals surface area (Å²) in [5.74, 6) is -0.418. The molecule has 0 radical (unpaired) electrons. The minimum atomic E-state index is -0.280. The molecule has 3 atom stereocenters. The van der Waals surface area contributed by atoms with Gasteiger partial charge in [0, 0.05) is 47.3 Å². The molecule has 1 aromatic heterocycles. The van der Waals surface area contributed by atoms with E-state index in [0.717, 1.165) is 9.60 Å². The summed E-state index contributed by atoms with van der Waals surface area (Å²) < 4.78 is 0.898. The fraction of sp³-hybridized carbons (Fsp3) is 0.238. The minimum Gasteiger partial charge on any atom is -0.294 e. The first-order valence-corrected chi connectivity index (χ1v) is 11.1. The molecule has 2 nitrogen and oxygen atoms in total. The lowest BCUT2D eigenvalue weighted by molar-refractivity contribution is 0.0897. The fourth-order valence-electron chi connectivity index (χ4n) is 3.72. The number of rotatable bonds is 2. The number of benzene rings is 2. The Labute approximate surface area is 175 Å². The molecular weight excluding hydrogens is 419 g/mol. The molecule has 0 saturated heterocycles. The number of ketones is 1. The first-order chi connectivity index (χ1) is 12.9. The summed E-state index contributed by atoms with van der Waals surface area (Å²) in [6.07, 6.45) is 0. The number of hydrogen-bond donors (Lipinski definition) is 0. The predicted octanol–water partition coefficient (Wildman–Crippen LogP) is 6.67. The van der Waals surface area contributed by atoms with E-state index in [-0.39, 0.29) is 28.3 Å². The van der Waals surface area contributed by atoms with Gasteiger partial charge in [-0.2, -0.15) is 0 Å². The molecule has 4 rings (SSSR count). The van der Waals surface area contributed by atoms with Crippen molar-refractivity contribution in [1.82, 2.24) is 0 Å². The van der Waals surface area contributed by atoms with Gasteiger partial charge in [-0.15, -0.1) is 23.1 Å². The van der Waals surface area contributed by atoms with Gasteiger partial charge in [-0.1, -0.05) is 37.0 Å². The van der Waals surface area contributed by atoms with E-state index >= 15 is 0 Å². The summed E-state index contributed by atoms with van der Waals surface area (Å²) in [6.45, 7) is 4.02. The summed E-state index contributed by atoms with van der Waals surface area (Å²) in [6, 6.07) is 10.8. The van der Waals surface area contributed by atoms with Crippen LogP contribution >= 0.6 is 46.3 Å². The summed E-state index contributed by atoms with van der Waals surface area (Å²) in [5, 5.41) is 3.67. The number of thioether (sulfide) groups is 1. The lowest BCUT2D eigenvalue weighted by Gasteiger charge is -2.33. The van der Waals surface area contributed by atoms with Crippen LogP contribution in [0.5, 0.6) is 0 Å². The molecule has 0 fully saturated rings. The molecule has 3 aromatic rings. The molecule has 2 aromatic carbocycles. The van der Waals surface area contributed by atoms with Crippen molar-refractivity contribution >= 4 is 62.2 Å². The maximum atomic E-state index is 13.2. The summed E-state index contributed by atoms with van der Waals surface area (Å²) in [7, 11) is 0. The highest BCUT2D eigenvalue weighted by molar-refractivity contribution is 8.00. The van der Waals surface area contributed by atoms with Crippen molar-refractivity contribution in [2.24, 2.45) is 5.92 Å². The SMILES string of the molecule is CC(c1csc2ccc(Cl)cc2c1=O)[C@@H]1C(=O)c2cc(Cl)ccc2S[C@H]1C. The van der Waals surface area contributed by atoms with Crippen LogP contribution in [0.15, 0.2) is 51.5 Å². The zero-order valence-electron chi connectivity index (χ0n) is 14.7. The predicted molar refractivity (Wildman–Crippen MR) is 116 cm³/mol. The van der Waals surface area contributed by atoms with Gasteiger partial charge in [0.05, 0.1) is 0 Å². The smallest absolute Gasteiger partial charge is 0.191 e. The number of Topliss-reactive ketones (excluding diaryl/α,β-unsaturated/α-hetero) is 1. The van der Waals surface area contributed by atoms with Gasteiger partial charge >= 0.3 is 0 Å². The Kier molecular flexibility index (Phi) is 5.10. The standard InChI is InChI=1S/C21H16Cl2O2S2/c1-10(16-9-26-17-5-3-12(22)7-14(17)20(16)24)19-11(2)27-18-6-4-13(23)8-15(18)21(19)25/h3-11,19H,1-2H3/t10?,11-,19-/m0/s1. The van der Waals surface area contributed by atoms with E-state index in [4.69, 9.17) is 23.2 Å². The Bertz CT molecular complexity index is 1120. The topological polar surface area (TPSA) is 34.1 Å². The van der Waals surface area contributed by atoms with Gasteiger partial charge in [0.1, 0.15) is 0 Å². The number of carbonyl (C=O) groups is 1. The largest absolute Gasteiger partial charge is 0.294 e. The quantitative estimate of drug-likeness (QED) is 0.451. The first kappa shape index (κ1) is 19.0. The van der Waals surface area contributed by atoms with E-state index in [2.05, 4.69) is 0 Å². The summed E-state index contributed by atoms with van der Waals surface area (Å²) >= 11 is 15.4. The molecule has 6 heteroatoms. The zero-order valence-corrected chi connectivity index (χ0v) is 17.8. The van der Waals surface area contributed by atoms with Crippen molar-refractivity contribution in [2.75, 3.05) is 0 Å². The maximum Gasteiger partial charge on any atom is 0.191 e. The highest BCUT2D eigenvalue weighted by Crippen LogP contribution is 2.44.